The average Bonchev–Trinajstić information content (AvgIpc) is 3.33. The summed E-state index contributed by atoms with van der Waals surface area (Å²) in [4.78, 5) is 37.7. The van der Waals surface area contributed by atoms with Gasteiger partial charge in [0, 0.05) is 44.7 Å². The van der Waals surface area contributed by atoms with E-state index in [4.69, 9.17) is 39.2 Å². The van der Waals surface area contributed by atoms with Crippen molar-refractivity contribution in [1.82, 2.24) is 14.9 Å². The summed E-state index contributed by atoms with van der Waals surface area (Å²) in [5.74, 6) is -7.00. The van der Waals surface area contributed by atoms with Crippen LogP contribution >= 0.6 is 0 Å². The number of hydrogen-bond acceptors (Lipinski definition) is 8. The first-order valence-electron chi connectivity index (χ1n) is 12.4. The number of carboxylic acid groups (broad SMARTS) is 3. The fraction of sp³-hybridized carbons (Fsp3) is 0.480. The lowest BCUT2D eigenvalue weighted by atomic mass is 9.79. The second-order valence-corrected chi connectivity index (χ2v) is 9.08. The van der Waals surface area contributed by atoms with Crippen LogP contribution in [0.3, 0.4) is 0 Å². The first-order chi connectivity index (χ1) is 20.7. The predicted molar refractivity (Wildman–Crippen MR) is 132 cm³/mol. The molecule has 11 nitrogen and oxygen atoms in total. The van der Waals surface area contributed by atoms with E-state index < -0.39 is 36.4 Å². The third-order valence-electron chi connectivity index (χ3n) is 5.78. The van der Waals surface area contributed by atoms with Crippen LogP contribution in [-0.2, 0) is 25.7 Å². The van der Waals surface area contributed by atoms with E-state index in [0.29, 0.717) is 18.4 Å². The van der Waals surface area contributed by atoms with Crippen LogP contribution in [0, 0.1) is 5.92 Å². The molecular weight excluding hydrogens is 641 g/mol. The van der Waals surface area contributed by atoms with Gasteiger partial charge in [-0.1, -0.05) is 12.1 Å². The molecule has 0 amide bonds. The van der Waals surface area contributed by atoms with Crippen LogP contribution in [0.1, 0.15) is 18.5 Å². The van der Waals surface area contributed by atoms with Crippen LogP contribution in [0.4, 0.5) is 39.5 Å². The number of halogens is 9. The van der Waals surface area contributed by atoms with Gasteiger partial charge in [-0.2, -0.15) is 39.5 Å². The number of rotatable bonds is 6. The third-order valence-corrected chi connectivity index (χ3v) is 5.78. The quantitative estimate of drug-likeness (QED) is 0.374. The molecule has 2 aliphatic heterocycles. The number of ether oxygens (including phenoxy) is 2. The minimum atomic E-state index is -5.08. The van der Waals surface area contributed by atoms with E-state index in [1.807, 2.05) is 36.5 Å². The molecule has 4 heterocycles. The lowest BCUT2D eigenvalue weighted by molar-refractivity contribution is -0.193. The van der Waals surface area contributed by atoms with E-state index in [-0.39, 0.29) is 5.60 Å². The van der Waals surface area contributed by atoms with Crippen LogP contribution in [0.5, 0.6) is 5.88 Å². The second kappa shape index (κ2) is 16.8. The third kappa shape index (κ3) is 14.4. The fourth-order valence-corrected chi connectivity index (χ4v) is 3.82. The van der Waals surface area contributed by atoms with Crippen molar-refractivity contribution in [2.45, 2.75) is 43.5 Å². The highest BCUT2D eigenvalue weighted by molar-refractivity contribution is 5.73. The number of likely N-dealkylation sites (tertiary alicyclic amines) is 1. The van der Waals surface area contributed by atoms with Gasteiger partial charge in [-0.25, -0.2) is 19.4 Å². The van der Waals surface area contributed by atoms with Crippen molar-refractivity contribution < 1.29 is 78.7 Å². The smallest absolute Gasteiger partial charge is 0.478 e. The summed E-state index contributed by atoms with van der Waals surface area (Å²) in [7, 11) is 0. The number of aliphatic carboxylic acids is 3. The number of hydrogen-bond donors (Lipinski definition) is 3. The molecular formula is C25H26F9N3O8. The Bertz CT molecular complexity index is 1150. The molecule has 1 atom stereocenters. The lowest BCUT2D eigenvalue weighted by Crippen LogP contribution is -2.64. The van der Waals surface area contributed by atoms with E-state index in [2.05, 4.69) is 20.9 Å². The highest BCUT2D eigenvalue weighted by Gasteiger charge is 2.52. The average molecular weight is 667 g/mol. The Kier molecular flexibility index (Phi) is 14.5. The monoisotopic (exact) mass is 667 g/mol. The van der Waals surface area contributed by atoms with Crippen LogP contribution in [-0.4, -0.2) is 98.5 Å². The van der Waals surface area contributed by atoms with Gasteiger partial charge in [0.25, 0.3) is 0 Å². The van der Waals surface area contributed by atoms with Crippen LogP contribution < -0.4 is 4.74 Å². The van der Waals surface area contributed by atoms with Gasteiger partial charge in [-0.05, 0) is 37.0 Å². The van der Waals surface area contributed by atoms with Gasteiger partial charge in [0.1, 0.15) is 0 Å². The molecule has 252 valence electrons. The molecule has 3 N–H and O–H groups in total. The molecule has 0 radical (unpaired) electrons. The molecule has 2 saturated heterocycles. The minimum absolute atomic E-state index is 0.0300. The number of alkyl halides is 9. The van der Waals surface area contributed by atoms with E-state index in [1.54, 1.807) is 6.20 Å². The number of carbonyl (C=O) groups is 3. The summed E-state index contributed by atoms with van der Waals surface area (Å²) in [5, 5.41) is 21.4. The molecule has 0 saturated carbocycles. The van der Waals surface area contributed by atoms with E-state index in [9.17, 15) is 39.5 Å². The topological polar surface area (TPSA) is 159 Å². The lowest BCUT2D eigenvalue weighted by Gasteiger charge is -2.50. The minimum Gasteiger partial charge on any atom is -0.478 e. The van der Waals surface area contributed by atoms with Crippen molar-refractivity contribution >= 4 is 17.9 Å². The molecule has 2 aliphatic rings. The van der Waals surface area contributed by atoms with Gasteiger partial charge in [0.2, 0.25) is 5.88 Å². The summed E-state index contributed by atoms with van der Waals surface area (Å²) in [5.41, 5.74) is 1.16. The number of aromatic nitrogens is 2. The maximum absolute atomic E-state index is 10.6. The van der Waals surface area contributed by atoms with Crippen LogP contribution in [0.25, 0.3) is 0 Å². The molecule has 2 aromatic heterocycles. The predicted octanol–water partition coefficient (Wildman–Crippen LogP) is 4.44. The summed E-state index contributed by atoms with van der Waals surface area (Å²) in [6.45, 7) is 4.47. The summed E-state index contributed by atoms with van der Waals surface area (Å²) in [6, 6.07) is 11.8. The van der Waals surface area contributed by atoms with Crippen molar-refractivity contribution in [1.29, 1.82) is 0 Å². The van der Waals surface area contributed by atoms with Crippen molar-refractivity contribution in [2.75, 3.05) is 26.3 Å². The largest absolute Gasteiger partial charge is 0.490 e. The van der Waals surface area contributed by atoms with Gasteiger partial charge < -0.3 is 24.8 Å². The molecule has 0 aliphatic carbocycles. The standard InChI is InChI=1S/C19H23N3O2.3C2HF3O2/c1-3-9-20-17(5-1)13-22-14-19(15-22)16(8-12-24-19)7-11-23-18-6-2-4-10-21-18;3*3-2(4,5)1(6)7/h1-6,9-10,16H,7-8,11-15H2;3*(H,6,7). The van der Waals surface area contributed by atoms with Gasteiger partial charge in [-0.3, -0.25) is 9.88 Å². The number of nitrogens with zero attached hydrogens (tertiary/aromatic N) is 3. The van der Waals surface area contributed by atoms with Gasteiger partial charge >= 0.3 is 36.4 Å². The van der Waals surface area contributed by atoms with Crippen LogP contribution in [0.15, 0.2) is 48.8 Å². The zero-order chi connectivity index (χ0) is 34.5. The fourth-order valence-electron chi connectivity index (χ4n) is 3.82. The summed E-state index contributed by atoms with van der Waals surface area (Å²) < 4.78 is 107. The van der Waals surface area contributed by atoms with Gasteiger partial charge in [0.05, 0.1) is 17.9 Å². The summed E-state index contributed by atoms with van der Waals surface area (Å²) >= 11 is 0. The highest BCUT2D eigenvalue weighted by Crippen LogP contribution is 2.42. The van der Waals surface area contributed by atoms with Crippen LogP contribution in [0.2, 0.25) is 0 Å². The normalized spacial score (nSPS) is 17.2. The zero-order valence-electron chi connectivity index (χ0n) is 22.8. The number of pyridine rings is 2. The highest BCUT2D eigenvalue weighted by atomic mass is 19.4. The van der Waals surface area contributed by atoms with Gasteiger partial charge in [0.15, 0.2) is 0 Å². The van der Waals surface area contributed by atoms with Crippen molar-refractivity contribution in [2.24, 2.45) is 5.92 Å². The Morgan fingerprint density at radius 3 is 1.69 bits per heavy atom. The van der Waals surface area contributed by atoms with E-state index in [1.165, 1.54) is 0 Å². The van der Waals surface area contributed by atoms with Gasteiger partial charge in [-0.15, -0.1) is 0 Å². The zero-order valence-corrected chi connectivity index (χ0v) is 22.8. The molecule has 4 rings (SSSR count). The summed E-state index contributed by atoms with van der Waals surface area (Å²) in [6.07, 6.45) is -9.48. The second-order valence-electron chi connectivity index (χ2n) is 9.08. The first kappa shape index (κ1) is 38.8. The Morgan fingerprint density at radius 1 is 0.822 bits per heavy atom. The first-order valence-corrected chi connectivity index (χ1v) is 12.4. The SMILES string of the molecule is O=C(O)C(F)(F)F.O=C(O)C(F)(F)F.O=C(O)C(F)(F)F.c1ccc(CN2CC3(C2)OCCC3CCOc2ccccn2)nc1. The Hall–Kier alpha value is -4.20. The molecule has 2 fully saturated rings. The molecule has 20 heteroatoms. The molecule has 1 unspecified atom stereocenters. The van der Waals surface area contributed by atoms with Crippen molar-refractivity contribution in [3.8, 4) is 5.88 Å². The molecule has 0 aromatic carbocycles. The Labute approximate surface area is 248 Å². The van der Waals surface area contributed by atoms with E-state index >= 15 is 0 Å². The maximum atomic E-state index is 10.6. The number of carboxylic acids is 3. The molecule has 0 bridgehead atoms. The Balaban J connectivity index is 0.000000396. The Morgan fingerprint density at radius 2 is 1.29 bits per heavy atom. The van der Waals surface area contributed by atoms with E-state index in [0.717, 1.165) is 44.8 Å². The van der Waals surface area contributed by atoms with Crippen molar-refractivity contribution in [3.63, 3.8) is 0 Å². The molecule has 45 heavy (non-hydrogen) atoms. The molecule has 2 aromatic rings. The van der Waals surface area contributed by atoms with Crippen molar-refractivity contribution in [3.05, 3.63) is 54.5 Å². The molecule has 1 spiro atoms. The maximum Gasteiger partial charge on any atom is 0.490 e.